The maximum absolute atomic E-state index is 11.9. The molecule has 1 aromatic rings. The Labute approximate surface area is 123 Å². The van der Waals surface area contributed by atoms with Crippen LogP contribution in [0.15, 0.2) is 18.2 Å². The fourth-order valence-electron chi connectivity index (χ4n) is 2.39. The lowest BCUT2D eigenvalue weighted by Crippen LogP contribution is -2.58. The van der Waals surface area contributed by atoms with Crippen LogP contribution in [0.25, 0.3) is 0 Å². The van der Waals surface area contributed by atoms with Gasteiger partial charge < -0.3 is 10.2 Å². The first-order valence-corrected chi connectivity index (χ1v) is 6.98. The molecule has 108 valence electrons. The van der Waals surface area contributed by atoms with Crippen molar-refractivity contribution in [1.82, 2.24) is 10.6 Å². The number of imide groups is 1. The molecule has 1 atom stereocenters. The van der Waals surface area contributed by atoms with Gasteiger partial charge in [0.25, 0.3) is 0 Å². The number of carbonyl (C=O) groups excluding carboxylic acids is 2. The van der Waals surface area contributed by atoms with Crippen molar-refractivity contribution in [3.8, 4) is 0 Å². The molecule has 1 aliphatic heterocycles. The van der Waals surface area contributed by atoms with Crippen LogP contribution >= 0.6 is 11.6 Å². The molecule has 1 heterocycles. The molecule has 1 unspecified atom stereocenters. The van der Waals surface area contributed by atoms with E-state index in [1.807, 2.05) is 32.2 Å². The fourth-order valence-corrected chi connectivity index (χ4v) is 2.63. The number of nitrogens with zero attached hydrogens (tertiary/aromatic N) is 1. The minimum absolute atomic E-state index is 0.173. The molecule has 20 heavy (non-hydrogen) atoms. The van der Waals surface area contributed by atoms with E-state index in [1.54, 1.807) is 4.90 Å². The van der Waals surface area contributed by atoms with Crippen LogP contribution in [-0.2, 0) is 16.1 Å². The molecule has 1 aliphatic rings. The maximum atomic E-state index is 11.9. The average molecular weight is 296 g/mol. The van der Waals surface area contributed by atoms with E-state index in [1.165, 1.54) is 0 Å². The van der Waals surface area contributed by atoms with E-state index in [4.69, 9.17) is 11.6 Å². The van der Waals surface area contributed by atoms with Gasteiger partial charge >= 0.3 is 0 Å². The van der Waals surface area contributed by atoms with Crippen LogP contribution in [0.5, 0.6) is 0 Å². The van der Waals surface area contributed by atoms with E-state index in [0.717, 1.165) is 11.3 Å². The van der Waals surface area contributed by atoms with Crippen molar-refractivity contribution in [2.75, 3.05) is 18.5 Å². The van der Waals surface area contributed by atoms with Crippen molar-refractivity contribution in [1.29, 1.82) is 0 Å². The van der Waals surface area contributed by atoms with Gasteiger partial charge in [0, 0.05) is 17.3 Å². The van der Waals surface area contributed by atoms with E-state index >= 15 is 0 Å². The number of rotatable bonds is 4. The number of amides is 2. The van der Waals surface area contributed by atoms with Gasteiger partial charge in [-0.3, -0.25) is 14.9 Å². The first kappa shape index (κ1) is 14.8. The highest BCUT2D eigenvalue weighted by Gasteiger charge is 2.32. The zero-order chi connectivity index (χ0) is 14.7. The molecular formula is C14H18ClN3O2. The van der Waals surface area contributed by atoms with Crippen molar-refractivity contribution in [3.05, 3.63) is 28.8 Å². The summed E-state index contributed by atoms with van der Waals surface area (Å²) < 4.78 is 0. The zero-order valence-corrected chi connectivity index (χ0v) is 12.3. The van der Waals surface area contributed by atoms with Crippen LogP contribution < -0.4 is 15.5 Å². The molecule has 0 saturated carbocycles. The largest absolute Gasteiger partial charge is 0.350 e. The Morgan fingerprint density at radius 3 is 2.80 bits per heavy atom. The molecule has 0 aliphatic carbocycles. The molecule has 2 N–H and O–H groups in total. The van der Waals surface area contributed by atoms with E-state index in [9.17, 15) is 9.59 Å². The summed E-state index contributed by atoms with van der Waals surface area (Å²) >= 11 is 6.24. The summed E-state index contributed by atoms with van der Waals surface area (Å²) in [6, 6.07) is 5.28. The van der Waals surface area contributed by atoms with E-state index in [-0.39, 0.29) is 24.4 Å². The molecule has 2 rings (SSSR count). The molecule has 5 nitrogen and oxygen atoms in total. The number of benzene rings is 1. The third-order valence-electron chi connectivity index (χ3n) is 3.38. The standard InChI is InChI=1S/C14H18ClN3O2/c1-3-12-14(20)17-13(19)8-18(12)10-5-4-9(7-16-2)11(15)6-10/h4-6,12,16H,3,7-8H2,1-2H3,(H,17,19,20). The van der Waals surface area contributed by atoms with Gasteiger partial charge in [-0.15, -0.1) is 0 Å². The Bertz CT molecular complexity index is 533. The number of hydrogen-bond donors (Lipinski definition) is 2. The van der Waals surface area contributed by atoms with E-state index in [2.05, 4.69) is 10.6 Å². The van der Waals surface area contributed by atoms with Crippen LogP contribution in [0, 0.1) is 0 Å². The highest BCUT2D eigenvalue weighted by Crippen LogP contribution is 2.26. The molecule has 2 amide bonds. The topological polar surface area (TPSA) is 61.4 Å². The number of nitrogens with one attached hydrogen (secondary N) is 2. The normalized spacial score (nSPS) is 19.1. The van der Waals surface area contributed by atoms with Gasteiger partial charge in [-0.2, -0.15) is 0 Å². The molecule has 0 radical (unpaired) electrons. The first-order valence-electron chi connectivity index (χ1n) is 6.60. The Balaban J connectivity index is 2.31. The molecule has 0 bridgehead atoms. The molecule has 1 fully saturated rings. The zero-order valence-electron chi connectivity index (χ0n) is 11.6. The number of halogens is 1. The van der Waals surface area contributed by atoms with Gasteiger partial charge in [0.05, 0.1) is 6.54 Å². The van der Waals surface area contributed by atoms with Crippen molar-refractivity contribution in [2.24, 2.45) is 0 Å². The van der Waals surface area contributed by atoms with Crippen LogP contribution in [0.1, 0.15) is 18.9 Å². The second-order valence-electron chi connectivity index (χ2n) is 4.77. The lowest BCUT2D eigenvalue weighted by molar-refractivity contribution is -0.132. The van der Waals surface area contributed by atoms with Crippen LogP contribution in [-0.4, -0.2) is 31.4 Å². The molecule has 0 spiro atoms. The first-order chi connectivity index (χ1) is 9.56. The number of carbonyl (C=O) groups is 2. The lowest BCUT2D eigenvalue weighted by atomic mass is 10.1. The lowest BCUT2D eigenvalue weighted by Gasteiger charge is -2.35. The predicted octanol–water partition coefficient (Wildman–Crippen LogP) is 1.30. The van der Waals surface area contributed by atoms with Crippen molar-refractivity contribution >= 4 is 29.1 Å². The van der Waals surface area contributed by atoms with Gasteiger partial charge in [0.15, 0.2) is 0 Å². The van der Waals surface area contributed by atoms with Crippen LogP contribution in [0.3, 0.4) is 0 Å². The number of piperazine rings is 1. The van der Waals surface area contributed by atoms with Crippen LogP contribution in [0.4, 0.5) is 5.69 Å². The van der Waals surface area contributed by atoms with Gasteiger partial charge in [0.1, 0.15) is 6.04 Å². The van der Waals surface area contributed by atoms with Crippen LogP contribution in [0.2, 0.25) is 5.02 Å². The quantitative estimate of drug-likeness (QED) is 0.822. The Morgan fingerprint density at radius 1 is 1.45 bits per heavy atom. The van der Waals surface area contributed by atoms with Crippen molar-refractivity contribution < 1.29 is 9.59 Å². The Kier molecular flexibility index (Phi) is 4.62. The minimum Gasteiger partial charge on any atom is -0.350 e. The van der Waals surface area contributed by atoms with Gasteiger partial charge in [-0.1, -0.05) is 24.6 Å². The molecule has 6 heteroatoms. The highest BCUT2D eigenvalue weighted by atomic mass is 35.5. The second-order valence-corrected chi connectivity index (χ2v) is 5.18. The van der Waals surface area contributed by atoms with Crippen molar-refractivity contribution in [2.45, 2.75) is 25.9 Å². The predicted molar refractivity (Wildman–Crippen MR) is 78.8 cm³/mol. The summed E-state index contributed by atoms with van der Waals surface area (Å²) in [6.07, 6.45) is 0.634. The van der Waals surface area contributed by atoms with Gasteiger partial charge in [-0.05, 0) is 31.2 Å². The van der Waals surface area contributed by atoms with Gasteiger partial charge in [0.2, 0.25) is 11.8 Å². The monoisotopic (exact) mass is 295 g/mol. The van der Waals surface area contributed by atoms with E-state index in [0.29, 0.717) is 18.0 Å². The summed E-state index contributed by atoms with van der Waals surface area (Å²) in [5, 5.41) is 6.04. The summed E-state index contributed by atoms with van der Waals surface area (Å²) in [5.74, 6) is -0.533. The summed E-state index contributed by atoms with van der Waals surface area (Å²) in [6.45, 7) is 2.77. The third-order valence-corrected chi connectivity index (χ3v) is 3.73. The summed E-state index contributed by atoms with van der Waals surface area (Å²) in [7, 11) is 1.85. The summed E-state index contributed by atoms with van der Waals surface area (Å²) in [4.78, 5) is 25.2. The number of anilines is 1. The Hall–Kier alpha value is -1.59. The van der Waals surface area contributed by atoms with E-state index < -0.39 is 0 Å². The summed E-state index contributed by atoms with van der Waals surface area (Å²) in [5.41, 5.74) is 1.78. The average Bonchev–Trinajstić information content (AvgIpc) is 2.40. The Morgan fingerprint density at radius 2 is 2.20 bits per heavy atom. The highest BCUT2D eigenvalue weighted by molar-refractivity contribution is 6.31. The SMILES string of the molecule is CCC1C(=O)NC(=O)CN1c1ccc(CNC)c(Cl)c1. The molecular weight excluding hydrogens is 278 g/mol. The van der Waals surface area contributed by atoms with Gasteiger partial charge in [-0.25, -0.2) is 0 Å². The molecule has 1 saturated heterocycles. The smallest absolute Gasteiger partial charge is 0.249 e. The van der Waals surface area contributed by atoms with Crippen molar-refractivity contribution in [3.63, 3.8) is 0 Å². The fraction of sp³-hybridized carbons (Fsp3) is 0.429. The maximum Gasteiger partial charge on any atom is 0.249 e. The second kappa shape index (κ2) is 6.24. The molecule has 1 aromatic carbocycles. The minimum atomic E-state index is -0.334. The molecule has 0 aromatic heterocycles. The number of hydrogen-bond acceptors (Lipinski definition) is 4. The third kappa shape index (κ3) is 2.94.